The molecule has 20 heavy (non-hydrogen) atoms. The van der Waals surface area contributed by atoms with Gasteiger partial charge < -0.3 is 5.73 Å². The summed E-state index contributed by atoms with van der Waals surface area (Å²) in [5, 5.41) is 3.91. The quantitative estimate of drug-likeness (QED) is 0.624. The van der Waals surface area contributed by atoms with Gasteiger partial charge in [0.25, 0.3) is 0 Å². The minimum absolute atomic E-state index is 0.0111. The molecule has 0 atom stereocenters. The van der Waals surface area contributed by atoms with Crippen LogP contribution in [0.25, 0.3) is 0 Å². The van der Waals surface area contributed by atoms with Crippen LogP contribution in [0.15, 0.2) is 41.4 Å². The Morgan fingerprint density at radius 3 is 2.75 bits per heavy atom. The van der Waals surface area contributed by atoms with Gasteiger partial charge in [-0.05, 0) is 12.1 Å². The molecule has 3 N–H and O–H groups in total. The maximum atomic E-state index is 11.9. The molecule has 0 fully saturated rings. The first kappa shape index (κ1) is 14.7. The van der Waals surface area contributed by atoms with E-state index >= 15 is 0 Å². The highest BCUT2D eigenvalue weighted by molar-refractivity contribution is 8.01. The van der Waals surface area contributed by atoms with Crippen LogP contribution in [-0.4, -0.2) is 29.7 Å². The van der Waals surface area contributed by atoms with Gasteiger partial charge in [-0.1, -0.05) is 12.1 Å². The van der Waals surface area contributed by atoms with E-state index in [1.165, 1.54) is 22.6 Å². The molecule has 8 heteroatoms. The molecule has 1 aromatic carbocycles. The molecule has 0 aliphatic carbocycles. The average Bonchev–Trinajstić information content (AvgIpc) is 2.77. The number of hydrogen-bond donors (Lipinski definition) is 2. The Bertz CT molecular complexity index is 682. The molecule has 2 aromatic rings. The third-order valence-corrected chi connectivity index (χ3v) is 5.22. The Labute approximate surface area is 122 Å². The largest absolute Gasteiger partial charge is 0.398 e. The van der Waals surface area contributed by atoms with E-state index in [4.69, 9.17) is 5.73 Å². The summed E-state index contributed by atoms with van der Waals surface area (Å²) in [5.74, 6) is 0.896. The van der Waals surface area contributed by atoms with Crippen molar-refractivity contribution >= 4 is 33.3 Å². The van der Waals surface area contributed by atoms with Crippen LogP contribution in [0.3, 0.4) is 0 Å². The zero-order valence-electron chi connectivity index (χ0n) is 11.0. The van der Waals surface area contributed by atoms with Crippen molar-refractivity contribution in [2.45, 2.75) is 4.90 Å². The van der Waals surface area contributed by atoms with Crippen molar-refractivity contribution in [1.29, 1.82) is 0 Å². The zero-order valence-corrected chi connectivity index (χ0v) is 12.6. The van der Waals surface area contributed by atoms with E-state index in [0.29, 0.717) is 17.3 Å². The molecule has 0 bridgehead atoms. The summed E-state index contributed by atoms with van der Waals surface area (Å²) in [4.78, 5) is 0.892. The van der Waals surface area contributed by atoms with Gasteiger partial charge in [0.05, 0.1) is 11.9 Å². The van der Waals surface area contributed by atoms with Crippen LogP contribution in [0, 0.1) is 0 Å². The Kier molecular flexibility index (Phi) is 4.56. The van der Waals surface area contributed by atoms with Crippen LogP contribution < -0.4 is 10.5 Å². The van der Waals surface area contributed by atoms with Crippen molar-refractivity contribution in [3.63, 3.8) is 0 Å². The molecule has 0 aliphatic heterocycles. The smallest absolute Gasteiger partial charge is 0.234 e. The Morgan fingerprint density at radius 1 is 1.35 bits per heavy atom. The summed E-state index contributed by atoms with van der Waals surface area (Å²) in [6.07, 6.45) is 1.54. The van der Waals surface area contributed by atoms with Gasteiger partial charge in [-0.3, -0.25) is 9.40 Å². The molecule has 0 saturated heterocycles. The number of thioether (sulfide) groups is 1. The Hall–Kier alpha value is -1.67. The number of nitrogen functional groups attached to an aromatic ring is 1. The summed E-state index contributed by atoms with van der Waals surface area (Å²) in [7, 11) is -1.70. The third-order valence-electron chi connectivity index (χ3n) is 2.61. The summed E-state index contributed by atoms with van der Waals surface area (Å²) in [6.45, 7) is 0. The van der Waals surface area contributed by atoms with Gasteiger partial charge in [0, 0.05) is 29.4 Å². The van der Waals surface area contributed by atoms with Crippen molar-refractivity contribution in [2.75, 3.05) is 22.0 Å². The fourth-order valence-corrected chi connectivity index (χ4v) is 4.02. The van der Waals surface area contributed by atoms with E-state index < -0.39 is 10.0 Å². The molecule has 108 valence electrons. The minimum atomic E-state index is -3.38. The second-order valence-corrected chi connectivity index (χ2v) is 7.13. The lowest BCUT2D eigenvalue weighted by atomic mass is 10.3. The highest BCUT2D eigenvalue weighted by Gasteiger charge is 2.12. The van der Waals surface area contributed by atoms with E-state index in [0.717, 1.165) is 4.90 Å². The summed E-state index contributed by atoms with van der Waals surface area (Å²) >= 11 is 1.42. The maximum absolute atomic E-state index is 11.9. The van der Waals surface area contributed by atoms with Crippen LogP contribution in [0.4, 0.5) is 11.5 Å². The van der Waals surface area contributed by atoms with Crippen LogP contribution in [0.2, 0.25) is 0 Å². The van der Waals surface area contributed by atoms with Gasteiger partial charge in [-0.15, -0.1) is 11.8 Å². The summed E-state index contributed by atoms with van der Waals surface area (Å²) in [6, 6.07) is 9.01. The first-order chi connectivity index (χ1) is 9.48. The SMILES string of the molecule is Cn1nccc1NS(=O)(=O)CCSc1ccccc1N. The van der Waals surface area contributed by atoms with Crippen LogP contribution in [-0.2, 0) is 17.1 Å². The Balaban J connectivity index is 1.90. The molecule has 6 nitrogen and oxygen atoms in total. The van der Waals surface area contributed by atoms with Gasteiger partial charge in [0.15, 0.2) is 0 Å². The Morgan fingerprint density at radius 2 is 2.10 bits per heavy atom. The first-order valence-corrected chi connectivity index (χ1v) is 8.57. The zero-order chi connectivity index (χ0) is 14.6. The molecule has 1 heterocycles. The van der Waals surface area contributed by atoms with Crippen LogP contribution >= 0.6 is 11.8 Å². The summed E-state index contributed by atoms with van der Waals surface area (Å²) < 4.78 is 27.8. The number of rotatable bonds is 6. The van der Waals surface area contributed by atoms with E-state index in [1.54, 1.807) is 19.2 Å². The second-order valence-electron chi connectivity index (χ2n) is 4.15. The van der Waals surface area contributed by atoms with Gasteiger partial charge in [-0.2, -0.15) is 5.10 Å². The number of benzene rings is 1. The predicted octanol–water partition coefficient (Wildman–Crippen LogP) is 1.54. The van der Waals surface area contributed by atoms with Crippen molar-refractivity contribution < 1.29 is 8.42 Å². The van der Waals surface area contributed by atoms with Crippen molar-refractivity contribution in [1.82, 2.24) is 9.78 Å². The van der Waals surface area contributed by atoms with Gasteiger partial charge >= 0.3 is 0 Å². The molecular weight excluding hydrogens is 296 g/mol. The standard InChI is InChI=1S/C12H16N4O2S2/c1-16-12(6-7-14-16)15-20(17,18)9-8-19-11-5-3-2-4-10(11)13/h2-7,15H,8-9,13H2,1H3. The van der Waals surface area contributed by atoms with E-state index in [9.17, 15) is 8.42 Å². The molecule has 0 aliphatic rings. The molecule has 0 spiro atoms. The molecule has 2 rings (SSSR count). The van der Waals surface area contributed by atoms with Crippen LogP contribution in [0.1, 0.15) is 0 Å². The average molecular weight is 312 g/mol. The fraction of sp³-hybridized carbons (Fsp3) is 0.250. The second kappa shape index (κ2) is 6.19. The molecular formula is C12H16N4O2S2. The van der Waals surface area contributed by atoms with Crippen molar-refractivity contribution in [3.8, 4) is 0 Å². The number of aromatic nitrogens is 2. The van der Waals surface area contributed by atoms with Gasteiger partial charge in [0.1, 0.15) is 5.82 Å². The predicted molar refractivity (Wildman–Crippen MR) is 82.2 cm³/mol. The third kappa shape index (κ3) is 3.91. The van der Waals surface area contributed by atoms with E-state index in [1.807, 2.05) is 18.2 Å². The number of nitrogens with zero attached hydrogens (tertiary/aromatic N) is 2. The topological polar surface area (TPSA) is 90.0 Å². The molecule has 0 radical (unpaired) electrons. The highest BCUT2D eigenvalue weighted by atomic mass is 32.2. The van der Waals surface area contributed by atoms with E-state index in [-0.39, 0.29) is 5.75 Å². The maximum Gasteiger partial charge on any atom is 0.234 e. The van der Waals surface area contributed by atoms with Crippen molar-refractivity contribution in [3.05, 3.63) is 36.5 Å². The number of anilines is 2. The molecule has 0 saturated carbocycles. The number of nitrogens with one attached hydrogen (secondary N) is 1. The number of nitrogens with two attached hydrogens (primary N) is 1. The molecule has 0 amide bonds. The summed E-state index contributed by atoms with van der Waals surface area (Å²) in [5.41, 5.74) is 6.46. The number of sulfonamides is 1. The van der Waals surface area contributed by atoms with Crippen LogP contribution in [0.5, 0.6) is 0 Å². The number of aryl methyl sites for hydroxylation is 1. The lowest BCUT2D eigenvalue weighted by Crippen LogP contribution is -2.19. The van der Waals surface area contributed by atoms with Crippen molar-refractivity contribution in [2.24, 2.45) is 7.05 Å². The van der Waals surface area contributed by atoms with Gasteiger partial charge in [-0.25, -0.2) is 8.42 Å². The lowest BCUT2D eigenvalue weighted by molar-refractivity contribution is 0.601. The number of hydrogen-bond acceptors (Lipinski definition) is 5. The number of para-hydroxylation sites is 1. The van der Waals surface area contributed by atoms with Gasteiger partial charge in [0.2, 0.25) is 10.0 Å². The fourth-order valence-electron chi connectivity index (χ4n) is 1.56. The normalized spacial score (nSPS) is 11.4. The van der Waals surface area contributed by atoms with E-state index in [2.05, 4.69) is 9.82 Å². The lowest BCUT2D eigenvalue weighted by Gasteiger charge is -2.08. The molecule has 1 aromatic heterocycles. The highest BCUT2D eigenvalue weighted by Crippen LogP contribution is 2.24. The monoisotopic (exact) mass is 312 g/mol. The first-order valence-electron chi connectivity index (χ1n) is 5.94. The molecule has 0 unspecified atom stereocenters. The minimum Gasteiger partial charge on any atom is -0.398 e.